The number of nitrogens with one attached hydrogen (secondary N) is 1. The van der Waals surface area contributed by atoms with Crippen molar-refractivity contribution >= 4 is 11.8 Å². The molecule has 1 N–H and O–H groups in total. The van der Waals surface area contributed by atoms with Crippen LogP contribution in [0.2, 0.25) is 0 Å². The second-order valence-corrected chi connectivity index (χ2v) is 4.61. The van der Waals surface area contributed by atoms with Crippen molar-refractivity contribution in [3.63, 3.8) is 0 Å². The Morgan fingerprint density at radius 2 is 2.11 bits per heavy atom. The minimum atomic E-state index is -1.16. The number of carbonyl (C=O) groups excluding carboxylic acids is 1. The predicted octanol–water partition coefficient (Wildman–Crippen LogP) is -0.980. The predicted molar refractivity (Wildman–Crippen MR) is 67.6 cm³/mol. The summed E-state index contributed by atoms with van der Waals surface area (Å²) in [7, 11) is 0. The summed E-state index contributed by atoms with van der Waals surface area (Å²) in [5.41, 5.74) is 0. The summed E-state index contributed by atoms with van der Waals surface area (Å²) in [5.74, 6) is 0.315. The third-order valence-corrected chi connectivity index (χ3v) is 3.16. The first-order chi connectivity index (χ1) is 8.74. The molecule has 0 aromatic heterocycles. The number of carboxylic acid groups (broad SMARTS) is 1. The number of quaternary nitrogens is 1. The molecule has 2 rings (SSSR count). The highest BCUT2D eigenvalue weighted by atomic mass is 16.5. The molecule has 1 fully saturated rings. The molecule has 1 saturated heterocycles. The quantitative estimate of drug-likeness (QED) is 0.706. The minimum Gasteiger partial charge on any atom is -0.548 e. The van der Waals surface area contributed by atoms with Gasteiger partial charge >= 0.3 is 0 Å². The van der Waals surface area contributed by atoms with Crippen LogP contribution in [0.15, 0.2) is 4.99 Å². The van der Waals surface area contributed by atoms with Gasteiger partial charge < -0.3 is 14.6 Å². The van der Waals surface area contributed by atoms with Gasteiger partial charge in [-0.15, -0.1) is 0 Å². The van der Waals surface area contributed by atoms with E-state index in [0.29, 0.717) is 6.61 Å². The monoisotopic (exact) mass is 256 g/mol. The van der Waals surface area contributed by atoms with E-state index in [9.17, 15) is 9.90 Å². The van der Waals surface area contributed by atoms with Crippen molar-refractivity contribution in [2.24, 2.45) is 4.99 Å². The number of hydrogen-bond acceptors (Lipinski definition) is 4. The lowest BCUT2D eigenvalue weighted by molar-refractivity contribution is -0.809. The molecule has 2 heterocycles. The first-order valence-corrected chi connectivity index (χ1v) is 6.90. The van der Waals surface area contributed by atoms with E-state index in [0.717, 1.165) is 6.54 Å². The van der Waals surface area contributed by atoms with Crippen molar-refractivity contribution in [1.29, 1.82) is 0 Å². The third-order valence-electron chi connectivity index (χ3n) is 3.16. The topological polar surface area (TPSA) is 66.2 Å². The first kappa shape index (κ1) is 15.1. The number of carboxylic acids is 1. The maximum atomic E-state index is 9.52. The lowest BCUT2D eigenvalue weighted by atomic mass is 10.2. The van der Waals surface area contributed by atoms with E-state index in [-0.39, 0.29) is 6.61 Å². The van der Waals surface area contributed by atoms with Crippen molar-refractivity contribution in [3.05, 3.63) is 0 Å². The Hall–Kier alpha value is -0.940. The summed E-state index contributed by atoms with van der Waals surface area (Å²) in [6.07, 6.45) is 6.79. The Bertz CT molecular complexity index is 279. The molecule has 5 nitrogen and oxygen atoms in total. The zero-order chi connectivity index (χ0) is 13.2. The van der Waals surface area contributed by atoms with Gasteiger partial charge in [-0.3, -0.25) is 4.90 Å². The summed E-state index contributed by atoms with van der Waals surface area (Å²) in [5, 5.41) is 9.52. The number of hydrogen-bond donors (Lipinski definition) is 1. The molecule has 1 atom stereocenters. The maximum Gasteiger partial charge on any atom is 0.196 e. The van der Waals surface area contributed by atoms with E-state index in [2.05, 4.69) is 9.73 Å². The molecule has 0 aromatic carbocycles. The Labute approximate surface area is 109 Å². The van der Waals surface area contributed by atoms with Crippen LogP contribution in [0.5, 0.6) is 0 Å². The zero-order valence-corrected chi connectivity index (χ0v) is 11.2. The SMILES string of the molecule is C1CCC2=NCCC[NH+]2CC1.CCOCC(=O)[O-]. The average Bonchev–Trinajstić information content (AvgIpc) is 2.62. The van der Waals surface area contributed by atoms with Crippen molar-refractivity contribution in [2.75, 3.05) is 32.8 Å². The normalized spacial score (nSPS) is 22.9. The largest absolute Gasteiger partial charge is 0.548 e. The lowest BCUT2D eigenvalue weighted by Crippen LogP contribution is -3.15. The van der Waals surface area contributed by atoms with Gasteiger partial charge in [0.1, 0.15) is 0 Å². The summed E-state index contributed by atoms with van der Waals surface area (Å²) in [6, 6.07) is 0. The number of fused-ring (bicyclic) bond motifs is 1. The van der Waals surface area contributed by atoms with Crippen molar-refractivity contribution in [2.45, 2.75) is 39.0 Å². The van der Waals surface area contributed by atoms with Gasteiger partial charge in [-0.2, -0.15) is 0 Å². The number of aliphatic carboxylic acids is 1. The fourth-order valence-corrected chi connectivity index (χ4v) is 2.28. The smallest absolute Gasteiger partial charge is 0.196 e. The molecule has 2 aliphatic heterocycles. The van der Waals surface area contributed by atoms with Gasteiger partial charge in [0.25, 0.3) is 0 Å². The Morgan fingerprint density at radius 3 is 2.78 bits per heavy atom. The molecule has 18 heavy (non-hydrogen) atoms. The maximum absolute atomic E-state index is 9.52. The highest BCUT2D eigenvalue weighted by molar-refractivity contribution is 5.73. The van der Waals surface area contributed by atoms with Crippen LogP contribution in [0, 0.1) is 0 Å². The van der Waals surface area contributed by atoms with Crippen LogP contribution in [-0.4, -0.2) is 44.7 Å². The molecule has 0 saturated carbocycles. The highest BCUT2D eigenvalue weighted by Crippen LogP contribution is 2.03. The molecule has 0 amide bonds. The second-order valence-electron chi connectivity index (χ2n) is 4.61. The fourth-order valence-electron chi connectivity index (χ4n) is 2.28. The Kier molecular flexibility index (Phi) is 7.60. The summed E-state index contributed by atoms with van der Waals surface area (Å²) >= 11 is 0. The molecule has 1 unspecified atom stereocenters. The number of nitrogens with zero attached hydrogens (tertiary/aromatic N) is 1. The Morgan fingerprint density at radius 1 is 1.33 bits per heavy atom. The van der Waals surface area contributed by atoms with E-state index in [1.807, 2.05) is 0 Å². The number of rotatable bonds is 3. The average molecular weight is 256 g/mol. The molecular formula is C13H24N2O3. The van der Waals surface area contributed by atoms with Gasteiger partial charge in [0.05, 0.1) is 25.7 Å². The molecule has 0 aromatic rings. The molecule has 5 heteroatoms. The van der Waals surface area contributed by atoms with Gasteiger partial charge in [0.15, 0.2) is 5.84 Å². The van der Waals surface area contributed by atoms with Gasteiger partial charge in [-0.1, -0.05) is 0 Å². The molecule has 0 radical (unpaired) electrons. The van der Waals surface area contributed by atoms with E-state index in [4.69, 9.17) is 0 Å². The van der Waals surface area contributed by atoms with E-state index < -0.39 is 5.97 Å². The van der Waals surface area contributed by atoms with E-state index >= 15 is 0 Å². The van der Waals surface area contributed by atoms with Crippen LogP contribution in [0.4, 0.5) is 0 Å². The van der Waals surface area contributed by atoms with Crippen LogP contribution < -0.4 is 10.0 Å². The second kappa shape index (κ2) is 9.05. The summed E-state index contributed by atoms with van der Waals surface area (Å²) in [6.45, 7) is 5.64. The van der Waals surface area contributed by atoms with E-state index in [1.165, 1.54) is 51.0 Å². The molecule has 0 spiro atoms. The molecule has 104 valence electrons. The van der Waals surface area contributed by atoms with Crippen LogP contribution >= 0.6 is 0 Å². The first-order valence-electron chi connectivity index (χ1n) is 6.90. The molecule has 0 bridgehead atoms. The molecule has 0 aliphatic carbocycles. The van der Waals surface area contributed by atoms with Crippen LogP contribution in [-0.2, 0) is 9.53 Å². The minimum absolute atomic E-state index is 0.295. The van der Waals surface area contributed by atoms with Crippen LogP contribution in [0.3, 0.4) is 0 Å². The highest BCUT2D eigenvalue weighted by Gasteiger charge is 2.21. The number of ether oxygens (including phenoxy) is 1. The zero-order valence-electron chi connectivity index (χ0n) is 11.2. The summed E-state index contributed by atoms with van der Waals surface area (Å²) in [4.78, 5) is 15.8. The molecule has 2 aliphatic rings. The van der Waals surface area contributed by atoms with Gasteiger partial charge in [-0.05, 0) is 26.2 Å². The van der Waals surface area contributed by atoms with Gasteiger partial charge in [-0.25, -0.2) is 4.99 Å². The Balaban J connectivity index is 0.000000203. The number of aliphatic imine (C=N–C) groups is 1. The number of carbonyl (C=O) groups is 1. The van der Waals surface area contributed by atoms with Gasteiger partial charge in [0, 0.05) is 26.0 Å². The van der Waals surface area contributed by atoms with Crippen LogP contribution in [0.1, 0.15) is 39.0 Å². The van der Waals surface area contributed by atoms with Gasteiger partial charge in [0.2, 0.25) is 0 Å². The van der Waals surface area contributed by atoms with Crippen molar-refractivity contribution in [3.8, 4) is 0 Å². The van der Waals surface area contributed by atoms with Crippen molar-refractivity contribution < 1.29 is 19.5 Å². The summed E-state index contributed by atoms with van der Waals surface area (Å²) < 4.78 is 4.43. The number of amidine groups is 1. The lowest BCUT2D eigenvalue weighted by Gasteiger charge is -2.21. The standard InChI is InChI=1S/C9H16N2.C4H8O3/c1-2-5-9-10-6-4-8-11(9)7-3-1;1-2-7-3-4(5)6/h1-8H2;2-3H2,1H3,(H,5,6). The van der Waals surface area contributed by atoms with E-state index in [1.54, 1.807) is 11.8 Å². The fraction of sp³-hybridized carbons (Fsp3) is 0.846. The van der Waals surface area contributed by atoms with Crippen LogP contribution in [0.25, 0.3) is 0 Å². The van der Waals surface area contributed by atoms with Crippen molar-refractivity contribution in [1.82, 2.24) is 0 Å². The third kappa shape index (κ3) is 6.12. The molecular weight excluding hydrogens is 232 g/mol.